The van der Waals surface area contributed by atoms with E-state index in [4.69, 9.17) is 11.6 Å². The van der Waals surface area contributed by atoms with Crippen molar-refractivity contribution in [3.05, 3.63) is 53.3 Å². The number of nitrogens with one attached hydrogen (secondary N) is 1. The molecule has 0 saturated heterocycles. The summed E-state index contributed by atoms with van der Waals surface area (Å²) in [6.07, 6.45) is 0.974. The van der Waals surface area contributed by atoms with E-state index in [-0.39, 0.29) is 5.38 Å². The summed E-state index contributed by atoms with van der Waals surface area (Å²) in [5.74, 6) is 0. The summed E-state index contributed by atoms with van der Waals surface area (Å²) in [6, 6.07) is 12.3. The molecular formula is C16H22ClN3. The van der Waals surface area contributed by atoms with Crippen LogP contribution >= 0.6 is 11.6 Å². The molecule has 0 fully saturated rings. The Kier molecular flexibility index (Phi) is 5.62. The number of alkyl halides is 1. The average molecular weight is 292 g/mol. The van der Waals surface area contributed by atoms with E-state index in [0.717, 1.165) is 37.3 Å². The first-order valence-electron chi connectivity index (χ1n) is 7.20. The van der Waals surface area contributed by atoms with E-state index in [1.54, 1.807) is 0 Å². The highest BCUT2D eigenvalue weighted by molar-refractivity contribution is 6.21. The van der Waals surface area contributed by atoms with Gasteiger partial charge in [-0.05, 0) is 25.0 Å². The van der Waals surface area contributed by atoms with Gasteiger partial charge in [0.25, 0.3) is 0 Å². The molecule has 1 atom stereocenters. The fourth-order valence-electron chi connectivity index (χ4n) is 2.21. The van der Waals surface area contributed by atoms with Gasteiger partial charge in [-0.2, -0.15) is 5.10 Å². The monoisotopic (exact) mass is 291 g/mol. The second-order valence-electron chi connectivity index (χ2n) is 4.81. The molecule has 2 rings (SSSR count). The van der Waals surface area contributed by atoms with Crippen LogP contribution in [0.4, 0.5) is 0 Å². The van der Waals surface area contributed by atoms with Gasteiger partial charge in [0.15, 0.2) is 0 Å². The van der Waals surface area contributed by atoms with Gasteiger partial charge >= 0.3 is 0 Å². The number of aryl methyl sites for hydroxylation is 2. The van der Waals surface area contributed by atoms with Crippen molar-refractivity contribution in [1.82, 2.24) is 15.1 Å². The Morgan fingerprint density at radius 2 is 2.00 bits per heavy atom. The van der Waals surface area contributed by atoms with Crippen molar-refractivity contribution < 1.29 is 0 Å². The Morgan fingerprint density at radius 3 is 2.65 bits per heavy atom. The topological polar surface area (TPSA) is 29.9 Å². The first kappa shape index (κ1) is 15.1. The molecule has 20 heavy (non-hydrogen) atoms. The third-order valence-corrected chi connectivity index (χ3v) is 3.77. The summed E-state index contributed by atoms with van der Waals surface area (Å²) in [7, 11) is 0. The minimum absolute atomic E-state index is 0.000145. The van der Waals surface area contributed by atoms with Gasteiger partial charge in [-0.1, -0.05) is 37.3 Å². The molecule has 1 N–H and O–H groups in total. The number of hydrogen-bond donors (Lipinski definition) is 1. The van der Waals surface area contributed by atoms with Gasteiger partial charge in [-0.15, -0.1) is 11.6 Å². The first-order valence-corrected chi connectivity index (χ1v) is 7.63. The van der Waals surface area contributed by atoms with Crippen LogP contribution in [0.25, 0.3) is 0 Å². The third kappa shape index (κ3) is 3.84. The van der Waals surface area contributed by atoms with Crippen LogP contribution in [0.1, 0.15) is 36.2 Å². The zero-order chi connectivity index (χ0) is 14.4. The smallest absolute Gasteiger partial charge is 0.0709 e. The Bertz CT molecular complexity index is 522. The number of aromatic nitrogens is 2. The quantitative estimate of drug-likeness (QED) is 0.791. The van der Waals surface area contributed by atoms with E-state index >= 15 is 0 Å². The molecule has 0 spiro atoms. The lowest BCUT2D eigenvalue weighted by Crippen LogP contribution is -2.20. The summed E-state index contributed by atoms with van der Waals surface area (Å²) in [4.78, 5) is 0. The second-order valence-corrected chi connectivity index (χ2v) is 5.33. The summed E-state index contributed by atoms with van der Waals surface area (Å²) in [6.45, 7) is 6.70. The second kappa shape index (κ2) is 7.46. The predicted molar refractivity (Wildman–Crippen MR) is 84.0 cm³/mol. The van der Waals surface area contributed by atoms with Crippen molar-refractivity contribution in [2.24, 2.45) is 0 Å². The fourth-order valence-corrected chi connectivity index (χ4v) is 2.47. The van der Waals surface area contributed by atoms with Gasteiger partial charge in [0.2, 0.25) is 0 Å². The van der Waals surface area contributed by atoms with Crippen LogP contribution in [-0.2, 0) is 19.5 Å². The highest BCUT2D eigenvalue weighted by Crippen LogP contribution is 2.18. The van der Waals surface area contributed by atoms with Crippen molar-refractivity contribution in [2.75, 3.05) is 6.54 Å². The van der Waals surface area contributed by atoms with Crippen LogP contribution in [-0.4, -0.2) is 16.3 Å². The van der Waals surface area contributed by atoms with Crippen LogP contribution < -0.4 is 5.32 Å². The van der Waals surface area contributed by atoms with Crippen molar-refractivity contribution in [1.29, 1.82) is 0 Å². The van der Waals surface area contributed by atoms with E-state index in [1.807, 2.05) is 18.2 Å². The fraction of sp³-hybridized carbons (Fsp3) is 0.438. The molecule has 0 amide bonds. The highest BCUT2D eigenvalue weighted by atomic mass is 35.5. The van der Waals surface area contributed by atoms with Crippen molar-refractivity contribution in [3.8, 4) is 0 Å². The van der Waals surface area contributed by atoms with Crippen LogP contribution in [0.15, 0.2) is 36.4 Å². The van der Waals surface area contributed by atoms with Crippen LogP contribution in [0.2, 0.25) is 0 Å². The van der Waals surface area contributed by atoms with Crippen molar-refractivity contribution in [2.45, 2.75) is 38.7 Å². The minimum Gasteiger partial charge on any atom is -0.309 e. The van der Waals surface area contributed by atoms with Crippen molar-refractivity contribution in [3.63, 3.8) is 0 Å². The Balaban J connectivity index is 1.88. The summed E-state index contributed by atoms with van der Waals surface area (Å²) < 4.78 is 2.05. The Labute approximate surface area is 126 Å². The molecule has 0 aliphatic heterocycles. The molecule has 0 aliphatic carbocycles. The van der Waals surface area contributed by atoms with E-state index in [9.17, 15) is 0 Å². The van der Waals surface area contributed by atoms with Gasteiger partial charge in [-0.3, -0.25) is 4.68 Å². The summed E-state index contributed by atoms with van der Waals surface area (Å²) in [5, 5.41) is 7.97. The molecule has 108 valence electrons. The molecule has 1 aromatic heterocycles. The largest absolute Gasteiger partial charge is 0.309 e. The number of nitrogens with zero attached hydrogens (tertiary/aromatic N) is 2. The van der Waals surface area contributed by atoms with Crippen LogP contribution in [0, 0.1) is 0 Å². The molecule has 0 radical (unpaired) electrons. The summed E-state index contributed by atoms with van der Waals surface area (Å²) >= 11 is 6.39. The van der Waals surface area contributed by atoms with E-state index in [0.29, 0.717) is 0 Å². The molecule has 3 nitrogen and oxygen atoms in total. The Hall–Kier alpha value is -1.32. The maximum Gasteiger partial charge on any atom is 0.0709 e. The number of benzene rings is 1. The lowest BCUT2D eigenvalue weighted by atomic mass is 10.1. The van der Waals surface area contributed by atoms with Gasteiger partial charge < -0.3 is 5.32 Å². The SMILES string of the molecule is CCc1cc(CNCC(Cl)c2ccccc2)n(CC)n1. The summed E-state index contributed by atoms with van der Waals surface area (Å²) in [5.41, 5.74) is 3.52. The molecule has 1 aromatic carbocycles. The predicted octanol–water partition coefficient (Wildman–Crippen LogP) is 3.54. The number of halogens is 1. The van der Waals surface area contributed by atoms with Gasteiger partial charge in [0, 0.05) is 19.6 Å². The molecule has 2 aromatic rings. The van der Waals surface area contributed by atoms with E-state index in [2.05, 4.69) is 47.1 Å². The van der Waals surface area contributed by atoms with Crippen LogP contribution in [0.5, 0.6) is 0 Å². The lowest BCUT2D eigenvalue weighted by Gasteiger charge is -2.11. The maximum absolute atomic E-state index is 6.39. The minimum atomic E-state index is -0.000145. The normalized spacial score (nSPS) is 12.6. The zero-order valence-corrected chi connectivity index (χ0v) is 12.9. The van der Waals surface area contributed by atoms with Gasteiger partial charge in [-0.25, -0.2) is 0 Å². The number of hydrogen-bond acceptors (Lipinski definition) is 2. The molecular weight excluding hydrogens is 270 g/mol. The zero-order valence-electron chi connectivity index (χ0n) is 12.1. The molecule has 1 heterocycles. The first-order chi connectivity index (χ1) is 9.74. The lowest BCUT2D eigenvalue weighted by molar-refractivity contribution is 0.575. The average Bonchev–Trinajstić information content (AvgIpc) is 2.90. The third-order valence-electron chi connectivity index (χ3n) is 3.37. The Morgan fingerprint density at radius 1 is 1.25 bits per heavy atom. The van der Waals surface area contributed by atoms with Gasteiger partial charge in [0.05, 0.1) is 16.8 Å². The molecule has 0 bridgehead atoms. The van der Waals surface area contributed by atoms with E-state index in [1.165, 1.54) is 5.69 Å². The van der Waals surface area contributed by atoms with Crippen molar-refractivity contribution >= 4 is 11.6 Å². The maximum atomic E-state index is 6.39. The molecule has 1 unspecified atom stereocenters. The van der Waals surface area contributed by atoms with E-state index < -0.39 is 0 Å². The van der Waals surface area contributed by atoms with Gasteiger partial charge in [0.1, 0.15) is 0 Å². The highest BCUT2D eigenvalue weighted by Gasteiger charge is 2.09. The molecule has 0 aliphatic rings. The molecule has 4 heteroatoms. The molecule has 0 saturated carbocycles. The number of rotatable bonds is 7. The standard InChI is InChI=1S/C16H22ClN3/c1-3-14-10-15(20(4-2)19-14)11-18-12-16(17)13-8-6-5-7-9-13/h5-10,16,18H,3-4,11-12H2,1-2H3. The van der Waals surface area contributed by atoms with Crippen LogP contribution in [0.3, 0.4) is 0 Å².